The average molecular weight is 175 g/mol. The summed E-state index contributed by atoms with van der Waals surface area (Å²) in [6.45, 7) is 1.88. The lowest BCUT2D eigenvalue weighted by Crippen LogP contribution is -2.10. The monoisotopic (exact) mass is 174 g/mol. The SMILES string of the molecule is CC1=CCCC(Cl)[C@@H]2CC12F. The van der Waals surface area contributed by atoms with Crippen LogP contribution in [-0.2, 0) is 0 Å². The lowest BCUT2D eigenvalue weighted by molar-refractivity contribution is 0.329. The molecule has 0 radical (unpaired) electrons. The van der Waals surface area contributed by atoms with E-state index in [1.54, 1.807) is 0 Å². The fourth-order valence-electron chi connectivity index (χ4n) is 1.96. The van der Waals surface area contributed by atoms with Crippen molar-refractivity contribution in [1.82, 2.24) is 0 Å². The number of allylic oxidation sites excluding steroid dienone is 2. The van der Waals surface area contributed by atoms with Crippen molar-refractivity contribution in [3.63, 3.8) is 0 Å². The molecule has 2 unspecified atom stereocenters. The molecule has 0 aliphatic heterocycles. The molecule has 0 aromatic rings. The molecule has 0 bridgehead atoms. The Hall–Kier alpha value is -0.0400. The molecule has 0 N–H and O–H groups in total. The Labute approximate surface area is 71.4 Å². The molecular formula is C9H12ClF. The van der Waals surface area contributed by atoms with Crippen LogP contribution >= 0.6 is 11.6 Å². The van der Waals surface area contributed by atoms with Crippen molar-refractivity contribution in [2.75, 3.05) is 0 Å². The summed E-state index contributed by atoms with van der Waals surface area (Å²) in [7, 11) is 0. The zero-order chi connectivity index (χ0) is 8.06. The highest BCUT2D eigenvalue weighted by Gasteiger charge is 2.59. The van der Waals surface area contributed by atoms with Crippen LogP contribution in [0.5, 0.6) is 0 Å². The van der Waals surface area contributed by atoms with Gasteiger partial charge in [0, 0.05) is 11.3 Å². The highest BCUT2D eigenvalue weighted by atomic mass is 35.5. The first kappa shape index (κ1) is 7.60. The standard InChI is InChI=1S/C9H12ClF/c1-6-3-2-4-8(10)7-5-9(6,7)11/h3,7-8H,2,4-5H2,1H3/t7-,8?,9?/m0/s1. The van der Waals surface area contributed by atoms with Gasteiger partial charge in [-0.1, -0.05) is 6.08 Å². The third-order valence-electron chi connectivity index (χ3n) is 2.93. The summed E-state index contributed by atoms with van der Waals surface area (Å²) in [5.41, 5.74) is -0.103. The summed E-state index contributed by atoms with van der Waals surface area (Å²) in [4.78, 5) is 0. The lowest BCUT2D eigenvalue weighted by Gasteiger charge is -2.07. The van der Waals surface area contributed by atoms with E-state index in [2.05, 4.69) is 0 Å². The van der Waals surface area contributed by atoms with E-state index in [1.165, 1.54) is 0 Å². The highest BCUT2D eigenvalue weighted by Crippen LogP contribution is 2.57. The van der Waals surface area contributed by atoms with Crippen LogP contribution in [0.15, 0.2) is 11.6 Å². The number of alkyl halides is 2. The molecule has 0 aromatic heterocycles. The molecule has 62 valence electrons. The predicted octanol–water partition coefficient (Wildman–Crippen LogP) is 3.06. The van der Waals surface area contributed by atoms with Crippen LogP contribution in [0.25, 0.3) is 0 Å². The quantitative estimate of drug-likeness (QED) is 0.391. The van der Waals surface area contributed by atoms with Crippen molar-refractivity contribution in [3.8, 4) is 0 Å². The van der Waals surface area contributed by atoms with Gasteiger partial charge in [0.1, 0.15) is 5.67 Å². The normalized spacial score (nSPS) is 49.2. The zero-order valence-corrected chi connectivity index (χ0v) is 7.37. The van der Waals surface area contributed by atoms with Gasteiger partial charge in [-0.3, -0.25) is 0 Å². The minimum absolute atomic E-state index is 0.0636. The Morgan fingerprint density at radius 2 is 2.45 bits per heavy atom. The molecule has 0 amide bonds. The molecule has 0 saturated heterocycles. The second kappa shape index (κ2) is 2.22. The molecule has 11 heavy (non-hydrogen) atoms. The summed E-state index contributed by atoms with van der Waals surface area (Å²) >= 11 is 5.99. The zero-order valence-electron chi connectivity index (χ0n) is 6.61. The van der Waals surface area contributed by atoms with Crippen molar-refractivity contribution in [2.45, 2.75) is 37.2 Å². The molecule has 2 aliphatic rings. The largest absolute Gasteiger partial charge is 0.239 e. The van der Waals surface area contributed by atoms with E-state index in [0.29, 0.717) is 6.42 Å². The van der Waals surface area contributed by atoms with Gasteiger partial charge < -0.3 is 0 Å². The van der Waals surface area contributed by atoms with E-state index >= 15 is 0 Å². The van der Waals surface area contributed by atoms with Crippen molar-refractivity contribution >= 4 is 11.6 Å². The molecule has 0 nitrogen and oxygen atoms in total. The minimum Gasteiger partial charge on any atom is -0.239 e. The maximum atomic E-state index is 13.7. The predicted molar refractivity (Wildman–Crippen MR) is 44.6 cm³/mol. The van der Waals surface area contributed by atoms with Crippen molar-refractivity contribution in [3.05, 3.63) is 11.6 Å². The van der Waals surface area contributed by atoms with Gasteiger partial charge in [0.2, 0.25) is 0 Å². The summed E-state index contributed by atoms with van der Waals surface area (Å²) in [5, 5.41) is 0.0636. The second-order valence-corrected chi connectivity index (χ2v) is 4.21. The van der Waals surface area contributed by atoms with Crippen LogP contribution in [-0.4, -0.2) is 11.0 Å². The Bertz CT molecular complexity index is 212. The van der Waals surface area contributed by atoms with Crippen molar-refractivity contribution in [2.24, 2.45) is 5.92 Å². The van der Waals surface area contributed by atoms with E-state index in [9.17, 15) is 4.39 Å². The van der Waals surface area contributed by atoms with Gasteiger partial charge in [0.05, 0.1) is 0 Å². The number of fused-ring (bicyclic) bond motifs is 1. The first-order chi connectivity index (χ1) is 5.14. The molecular weight excluding hydrogens is 163 g/mol. The van der Waals surface area contributed by atoms with E-state index in [0.717, 1.165) is 18.4 Å². The van der Waals surface area contributed by atoms with Gasteiger partial charge in [-0.25, -0.2) is 4.39 Å². The van der Waals surface area contributed by atoms with Gasteiger partial charge in [-0.15, -0.1) is 11.6 Å². The van der Waals surface area contributed by atoms with Gasteiger partial charge in [-0.05, 0) is 31.8 Å². The Balaban J connectivity index is 2.23. The van der Waals surface area contributed by atoms with E-state index in [-0.39, 0.29) is 11.3 Å². The molecule has 0 aromatic carbocycles. The first-order valence-electron chi connectivity index (χ1n) is 4.15. The summed E-state index contributed by atoms with van der Waals surface area (Å²) in [5.74, 6) is 0.114. The third kappa shape index (κ3) is 1.01. The molecule has 0 spiro atoms. The van der Waals surface area contributed by atoms with Crippen LogP contribution in [0.3, 0.4) is 0 Å². The Morgan fingerprint density at radius 1 is 1.73 bits per heavy atom. The summed E-state index contributed by atoms with van der Waals surface area (Å²) in [6.07, 6.45) is 4.54. The number of halogens is 2. The molecule has 2 aliphatic carbocycles. The topological polar surface area (TPSA) is 0 Å². The smallest absolute Gasteiger partial charge is 0.136 e. The summed E-state index contributed by atoms with van der Waals surface area (Å²) < 4.78 is 13.7. The van der Waals surface area contributed by atoms with E-state index < -0.39 is 5.67 Å². The molecule has 3 atom stereocenters. The van der Waals surface area contributed by atoms with Gasteiger partial charge in [-0.2, -0.15) is 0 Å². The maximum Gasteiger partial charge on any atom is 0.136 e. The van der Waals surface area contributed by atoms with Crippen molar-refractivity contribution < 1.29 is 4.39 Å². The summed E-state index contributed by atoms with van der Waals surface area (Å²) in [6, 6.07) is 0. The van der Waals surface area contributed by atoms with E-state index in [4.69, 9.17) is 11.6 Å². The van der Waals surface area contributed by atoms with Gasteiger partial charge in [0.15, 0.2) is 0 Å². The molecule has 2 rings (SSSR count). The Morgan fingerprint density at radius 3 is 3.18 bits per heavy atom. The third-order valence-corrected chi connectivity index (χ3v) is 3.45. The van der Waals surface area contributed by atoms with Gasteiger partial charge in [0.25, 0.3) is 0 Å². The fraction of sp³-hybridized carbons (Fsp3) is 0.778. The number of hydrogen-bond donors (Lipinski definition) is 0. The number of rotatable bonds is 0. The highest BCUT2D eigenvalue weighted by molar-refractivity contribution is 6.21. The van der Waals surface area contributed by atoms with Crippen LogP contribution < -0.4 is 0 Å². The molecule has 2 heteroatoms. The van der Waals surface area contributed by atoms with Gasteiger partial charge >= 0.3 is 0 Å². The maximum absolute atomic E-state index is 13.7. The lowest BCUT2D eigenvalue weighted by atomic mass is 10.1. The minimum atomic E-state index is -1.01. The van der Waals surface area contributed by atoms with Crippen LogP contribution in [0.2, 0.25) is 0 Å². The molecule has 0 heterocycles. The van der Waals surface area contributed by atoms with E-state index in [1.807, 2.05) is 13.0 Å². The van der Waals surface area contributed by atoms with Crippen molar-refractivity contribution in [1.29, 1.82) is 0 Å². The molecule has 1 fully saturated rings. The first-order valence-corrected chi connectivity index (χ1v) is 4.58. The fourth-order valence-corrected chi connectivity index (χ4v) is 2.37. The molecule has 1 saturated carbocycles. The van der Waals surface area contributed by atoms with Crippen LogP contribution in [0, 0.1) is 5.92 Å². The Kier molecular flexibility index (Phi) is 1.54. The average Bonchev–Trinajstić information content (AvgIpc) is 2.63. The number of hydrogen-bond acceptors (Lipinski definition) is 0. The van der Waals surface area contributed by atoms with Crippen LogP contribution in [0.4, 0.5) is 4.39 Å². The second-order valence-electron chi connectivity index (χ2n) is 3.65. The van der Waals surface area contributed by atoms with Crippen LogP contribution in [0.1, 0.15) is 26.2 Å².